The summed E-state index contributed by atoms with van der Waals surface area (Å²) in [5.41, 5.74) is 5.60. The normalized spacial score (nSPS) is 12.3. The van der Waals surface area contributed by atoms with E-state index in [1.807, 2.05) is 0 Å². The van der Waals surface area contributed by atoms with E-state index in [1.54, 1.807) is 31.5 Å². The van der Waals surface area contributed by atoms with Crippen molar-refractivity contribution in [2.75, 3.05) is 5.73 Å². The second-order valence-corrected chi connectivity index (χ2v) is 4.67. The van der Waals surface area contributed by atoms with Crippen molar-refractivity contribution in [1.82, 2.24) is 15.1 Å². The molecule has 96 valence electrons. The molecule has 2 heterocycles. The maximum absolute atomic E-state index is 11.9. The Morgan fingerprint density at radius 3 is 3.06 bits per heavy atom. The lowest BCUT2D eigenvalue weighted by Gasteiger charge is -2.11. The first-order valence-electron chi connectivity index (χ1n) is 5.38. The number of hydrogen-bond donors (Lipinski definition) is 2. The van der Waals surface area contributed by atoms with Crippen molar-refractivity contribution >= 4 is 27.7 Å². The van der Waals surface area contributed by atoms with Crippen LogP contribution in [-0.2, 0) is 11.3 Å². The predicted molar refractivity (Wildman–Crippen MR) is 69.6 cm³/mol. The lowest BCUT2D eigenvalue weighted by molar-refractivity contribution is -0.124. The Kier molecular flexibility index (Phi) is 3.71. The van der Waals surface area contributed by atoms with E-state index in [2.05, 4.69) is 26.3 Å². The molecule has 2 rings (SSSR count). The van der Waals surface area contributed by atoms with Crippen LogP contribution >= 0.6 is 15.9 Å². The Labute approximate surface area is 112 Å². The largest absolute Gasteiger partial charge is 0.467 e. The number of aromatic nitrogens is 2. The number of hydrogen-bond acceptors (Lipinski definition) is 4. The second kappa shape index (κ2) is 5.26. The molecule has 1 amide bonds. The highest BCUT2D eigenvalue weighted by molar-refractivity contribution is 9.10. The minimum absolute atomic E-state index is 0.151. The molecule has 2 aromatic heterocycles. The van der Waals surface area contributed by atoms with Crippen LogP contribution in [-0.4, -0.2) is 15.7 Å². The first kappa shape index (κ1) is 12.7. The third kappa shape index (κ3) is 2.73. The molecule has 0 bridgehead atoms. The van der Waals surface area contributed by atoms with Gasteiger partial charge in [0.15, 0.2) is 5.82 Å². The van der Waals surface area contributed by atoms with Crippen LogP contribution in [0.25, 0.3) is 0 Å². The fraction of sp³-hybridized carbons (Fsp3) is 0.273. The van der Waals surface area contributed by atoms with Gasteiger partial charge in [-0.25, -0.2) is 0 Å². The molecular formula is C11H13BrN4O2. The molecule has 0 aliphatic heterocycles. The van der Waals surface area contributed by atoms with Gasteiger partial charge in [0, 0.05) is 6.20 Å². The molecule has 0 spiro atoms. The maximum Gasteiger partial charge on any atom is 0.244 e. The van der Waals surface area contributed by atoms with Crippen molar-refractivity contribution in [3.05, 3.63) is 34.8 Å². The van der Waals surface area contributed by atoms with Crippen molar-refractivity contribution in [1.29, 1.82) is 0 Å². The third-order valence-corrected chi connectivity index (χ3v) is 3.12. The fourth-order valence-corrected chi connectivity index (χ4v) is 1.73. The number of carbonyl (C=O) groups excluding carboxylic acids is 1. The summed E-state index contributed by atoms with van der Waals surface area (Å²) < 4.78 is 7.31. The summed E-state index contributed by atoms with van der Waals surface area (Å²) in [6, 6.07) is 3.14. The number of nitrogen functional groups attached to an aromatic ring is 1. The van der Waals surface area contributed by atoms with E-state index >= 15 is 0 Å². The zero-order chi connectivity index (χ0) is 13.1. The maximum atomic E-state index is 11.9. The van der Waals surface area contributed by atoms with Gasteiger partial charge < -0.3 is 15.5 Å². The minimum atomic E-state index is -0.437. The van der Waals surface area contributed by atoms with Gasteiger partial charge in [0.1, 0.15) is 11.8 Å². The van der Waals surface area contributed by atoms with E-state index < -0.39 is 6.04 Å². The Morgan fingerprint density at radius 2 is 2.50 bits per heavy atom. The van der Waals surface area contributed by atoms with E-state index in [0.717, 1.165) is 0 Å². The molecule has 6 nitrogen and oxygen atoms in total. The molecular weight excluding hydrogens is 300 g/mol. The summed E-state index contributed by atoms with van der Waals surface area (Å²) in [6.07, 6.45) is 3.24. The van der Waals surface area contributed by atoms with Crippen LogP contribution in [0.5, 0.6) is 0 Å². The number of nitrogens with one attached hydrogen (secondary N) is 1. The van der Waals surface area contributed by atoms with Crippen LogP contribution in [0.3, 0.4) is 0 Å². The zero-order valence-corrected chi connectivity index (χ0v) is 11.3. The molecule has 0 aromatic carbocycles. The van der Waals surface area contributed by atoms with Gasteiger partial charge in [0.25, 0.3) is 0 Å². The van der Waals surface area contributed by atoms with E-state index in [9.17, 15) is 4.79 Å². The van der Waals surface area contributed by atoms with E-state index in [-0.39, 0.29) is 5.91 Å². The lowest BCUT2D eigenvalue weighted by atomic mass is 10.3. The van der Waals surface area contributed by atoms with Gasteiger partial charge in [0.2, 0.25) is 5.91 Å². The number of halogens is 1. The van der Waals surface area contributed by atoms with Gasteiger partial charge in [-0.3, -0.25) is 9.48 Å². The molecule has 18 heavy (non-hydrogen) atoms. The number of nitrogens with two attached hydrogens (primary N) is 1. The fourth-order valence-electron chi connectivity index (χ4n) is 1.44. The third-order valence-electron chi connectivity index (χ3n) is 2.51. The Bertz CT molecular complexity index is 516. The molecule has 0 aliphatic carbocycles. The number of carbonyl (C=O) groups is 1. The Hall–Kier alpha value is -1.76. The Balaban J connectivity index is 1.96. The first-order valence-corrected chi connectivity index (χ1v) is 6.17. The average molecular weight is 313 g/mol. The van der Waals surface area contributed by atoms with Crippen LogP contribution in [0, 0.1) is 0 Å². The quantitative estimate of drug-likeness (QED) is 0.899. The smallest absolute Gasteiger partial charge is 0.244 e. The number of amides is 1. The summed E-state index contributed by atoms with van der Waals surface area (Å²) in [4.78, 5) is 11.9. The zero-order valence-electron chi connectivity index (χ0n) is 9.76. The van der Waals surface area contributed by atoms with E-state index in [4.69, 9.17) is 10.2 Å². The molecule has 0 saturated carbocycles. The van der Waals surface area contributed by atoms with Gasteiger partial charge in [-0.15, -0.1) is 0 Å². The molecule has 0 radical (unpaired) electrons. The standard InChI is InChI=1S/C11H13BrN4O2/c1-7(16-6-9(12)10(13)15-16)11(17)14-5-8-3-2-4-18-8/h2-4,6-7H,5H2,1H3,(H2,13,15)(H,14,17). The average Bonchev–Trinajstić information content (AvgIpc) is 2.96. The van der Waals surface area contributed by atoms with E-state index in [0.29, 0.717) is 22.6 Å². The first-order chi connectivity index (χ1) is 8.58. The summed E-state index contributed by atoms with van der Waals surface area (Å²) in [6.45, 7) is 2.10. The highest BCUT2D eigenvalue weighted by Crippen LogP contribution is 2.19. The minimum Gasteiger partial charge on any atom is -0.467 e. The number of furan rings is 1. The molecule has 3 N–H and O–H groups in total. The number of anilines is 1. The van der Waals surface area contributed by atoms with Crippen LogP contribution in [0.1, 0.15) is 18.7 Å². The molecule has 0 fully saturated rings. The molecule has 1 atom stereocenters. The molecule has 0 aliphatic rings. The second-order valence-electron chi connectivity index (χ2n) is 3.82. The topological polar surface area (TPSA) is 86.1 Å². The van der Waals surface area contributed by atoms with Gasteiger partial charge in [-0.1, -0.05) is 0 Å². The highest BCUT2D eigenvalue weighted by Gasteiger charge is 2.17. The van der Waals surface area contributed by atoms with Crippen LogP contribution in [0.15, 0.2) is 33.5 Å². The van der Waals surface area contributed by atoms with E-state index in [1.165, 1.54) is 4.68 Å². The summed E-state index contributed by atoms with van der Waals surface area (Å²) in [5.74, 6) is 0.916. The summed E-state index contributed by atoms with van der Waals surface area (Å²) in [5, 5.41) is 6.80. The molecule has 7 heteroatoms. The molecule has 2 aromatic rings. The van der Waals surface area contributed by atoms with Crippen molar-refractivity contribution in [3.8, 4) is 0 Å². The lowest BCUT2D eigenvalue weighted by Crippen LogP contribution is -2.30. The number of rotatable bonds is 4. The summed E-state index contributed by atoms with van der Waals surface area (Å²) >= 11 is 3.25. The number of nitrogens with zero attached hydrogens (tertiary/aromatic N) is 2. The monoisotopic (exact) mass is 312 g/mol. The van der Waals surface area contributed by atoms with Crippen molar-refractivity contribution in [3.63, 3.8) is 0 Å². The molecule has 1 unspecified atom stereocenters. The van der Waals surface area contributed by atoms with Gasteiger partial charge >= 0.3 is 0 Å². The van der Waals surface area contributed by atoms with Crippen LogP contribution in [0.2, 0.25) is 0 Å². The molecule has 0 saturated heterocycles. The van der Waals surface area contributed by atoms with Crippen molar-refractivity contribution < 1.29 is 9.21 Å². The van der Waals surface area contributed by atoms with Gasteiger partial charge in [0.05, 0.1) is 17.3 Å². The van der Waals surface area contributed by atoms with Gasteiger partial charge in [-0.2, -0.15) is 5.10 Å². The van der Waals surface area contributed by atoms with Crippen molar-refractivity contribution in [2.24, 2.45) is 0 Å². The SMILES string of the molecule is CC(C(=O)NCc1ccco1)n1cc(Br)c(N)n1. The summed E-state index contributed by atoms with van der Waals surface area (Å²) in [7, 11) is 0. The van der Waals surface area contributed by atoms with Gasteiger partial charge in [-0.05, 0) is 35.0 Å². The van der Waals surface area contributed by atoms with Crippen molar-refractivity contribution in [2.45, 2.75) is 19.5 Å². The van der Waals surface area contributed by atoms with Crippen LogP contribution in [0.4, 0.5) is 5.82 Å². The Morgan fingerprint density at radius 1 is 1.72 bits per heavy atom. The predicted octanol–water partition coefficient (Wildman–Crippen LogP) is 1.70. The van der Waals surface area contributed by atoms with Crippen LogP contribution < -0.4 is 11.1 Å². The highest BCUT2D eigenvalue weighted by atomic mass is 79.9.